The predicted octanol–water partition coefficient (Wildman–Crippen LogP) is 2.04. The SMILES string of the molecule is Cc1cccc(C(=O)NC(CO)c2ccccc2)c1N. The molecule has 1 atom stereocenters. The summed E-state index contributed by atoms with van der Waals surface area (Å²) in [4.78, 5) is 12.3. The molecule has 2 aromatic rings. The fourth-order valence-corrected chi connectivity index (χ4v) is 2.03. The Kier molecular flexibility index (Phi) is 4.38. The Morgan fingerprint density at radius 3 is 2.55 bits per heavy atom. The first-order valence-electron chi connectivity index (χ1n) is 6.45. The number of aliphatic hydroxyl groups is 1. The summed E-state index contributed by atoms with van der Waals surface area (Å²) in [6, 6.07) is 14.2. The number of anilines is 1. The van der Waals surface area contributed by atoms with Crippen LogP contribution in [0.1, 0.15) is 27.5 Å². The summed E-state index contributed by atoms with van der Waals surface area (Å²) in [5.74, 6) is -0.283. The topological polar surface area (TPSA) is 75.3 Å². The van der Waals surface area contributed by atoms with Crippen molar-refractivity contribution in [3.63, 3.8) is 0 Å². The Morgan fingerprint density at radius 2 is 1.90 bits per heavy atom. The number of hydrogen-bond donors (Lipinski definition) is 3. The van der Waals surface area contributed by atoms with Crippen LogP contribution in [0.3, 0.4) is 0 Å². The molecular weight excluding hydrogens is 252 g/mol. The second-order valence-electron chi connectivity index (χ2n) is 4.66. The quantitative estimate of drug-likeness (QED) is 0.744. The van der Waals surface area contributed by atoms with Gasteiger partial charge in [-0.25, -0.2) is 0 Å². The van der Waals surface area contributed by atoms with Crippen LogP contribution in [0.15, 0.2) is 48.5 Å². The van der Waals surface area contributed by atoms with E-state index < -0.39 is 6.04 Å². The van der Waals surface area contributed by atoms with E-state index in [0.29, 0.717) is 11.3 Å². The third-order valence-electron chi connectivity index (χ3n) is 3.26. The lowest BCUT2D eigenvalue weighted by molar-refractivity contribution is 0.0917. The standard InChI is InChI=1S/C16H18N2O2/c1-11-6-5-9-13(15(11)17)16(20)18-14(10-19)12-7-3-2-4-8-12/h2-9,14,19H,10,17H2,1H3,(H,18,20). The number of nitrogens with two attached hydrogens (primary N) is 1. The van der Waals surface area contributed by atoms with Gasteiger partial charge < -0.3 is 16.2 Å². The minimum Gasteiger partial charge on any atom is -0.398 e. The molecule has 0 aliphatic carbocycles. The summed E-state index contributed by atoms with van der Waals surface area (Å²) < 4.78 is 0. The average Bonchev–Trinajstić information content (AvgIpc) is 2.48. The predicted molar refractivity (Wildman–Crippen MR) is 79.3 cm³/mol. The van der Waals surface area contributed by atoms with Crippen molar-refractivity contribution >= 4 is 11.6 Å². The largest absolute Gasteiger partial charge is 0.398 e. The van der Waals surface area contributed by atoms with Crippen LogP contribution in [0.2, 0.25) is 0 Å². The molecular formula is C16H18N2O2. The van der Waals surface area contributed by atoms with Gasteiger partial charge in [-0.1, -0.05) is 42.5 Å². The Hall–Kier alpha value is -2.33. The zero-order valence-electron chi connectivity index (χ0n) is 11.3. The van der Waals surface area contributed by atoms with Gasteiger partial charge in [-0.05, 0) is 24.1 Å². The van der Waals surface area contributed by atoms with Gasteiger partial charge in [0.2, 0.25) is 0 Å². The summed E-state index contributed by atoms with van der Waals surface area (Å²) in [6.45, 7) is 1.69. The van der Waals surface area contributed by atoms with Crippen LogP contribution in [-0.4, -0.2) is 17.6 Å². The number of aryl methyl sites for hydroxylation is 1. The molecule has 0 aliphatic heterocycles. The maximum atomic E-state index is 12.3. The molecule has 0 saturated heterocycles. The lowest BCUT2D eigenvalue weighted by Crippen LogP contribution is -2.31. The number of benzene rings is 2. The van der Waals surface area contributed by atoms with Gasteiger partial charge in [0.1, 0.15) is 0 Å². The second kappa shape index (κ2) is 6.21. The van der Waals surface area contributed by atoms with Crippen molar-refractivity contribution in [1.82, 2.24) is 5.32 Å². The number of nitrogens with one attached hydrogen (secondary N) is 1. The molecule has 4 nitrogen and oxygen atoms in total. The molecule has 0 aliphatic rings. The highest BCUT2D eigenvalue weighted by atomic mass is 16.3. The number of hydrogen-bond acceptors (Lipinski definition) is 3. The van der Waals surface area contributed by atoms with Crippen LogP contribution in [0.5, 0.6) is 0 Å². The molecule has 1 unspecified atom stereocenters. The van der Waals surface area contributed by atoms with Crippen molar-refractivity contribution in [2.45, 2.75) is 13.0 Å². The first-order valence-corrected chi connectivity index (χ1v) is 6.45. The van der Waals surface area contributed by atoms with Crippen LogP contribution in [0.25, 0.3) is 0 Å². The van der Waals surface area contributed by atoms with Gasteiger partial charge in [-0.3, -0.25) is 4.79 Å². The minimum absolute atomic E-state index is 0.165. The lowest BCUT2D eigenvalue weighted by atomic mass is 10.1. The van der Waals surface area contributed by atoms with Crippen LogP contribution in [0.4, 0.5) is 5.69 Å². The minimum atomic E-state index is -0.441. The summed E-state index contributed by atoms with van der Waals surface area (Å²) in [5.41, 5.74) is 8.53. The first kappa shape index (κ1) is 14.1. The Morgan fingerprint density at radius 1 is 1.20 bits per heavy atom. The van der Waals surface area contributed by atoms with E-state index in [2.05, 4.69) is 5.32 Å². The molecule has 104 valence electrons. The molecule has 4 N–H and O–H groups in total. The number of para-hydroxylation sites is 1. The molecule has 0 bridgehead atoms. The number of carbonyl (C=O) groups is 1. The molecule has 20 heavy (non-hydrogen) atoms. The summed E-state index contributed by atoms with van der Waals surface area (Å²) in [5, 5.41) is 12.3. The first-order chi connectivity index (χ1) is 9.63. The summed E-state index contributed by atoms with van der Waals surface area (Å²) in [7, 11) is 0. The summed E-state index contributed by atoms with van der Waals surface area (Å²) in [6.07, 6.45) is 0. The smallest absolute Gasteiger partial charge is 0.253 e. The highest BCUT2D eigenvalue weighted by Gasteiger charge is 2.16. The molecule has 0 aromatic heterocycles. The molecule has 0 fully saturated rings. The third-order valence-corrected chi connectivity index (χ3v) is 3.26. The van der Waals surface area contributed by atoms with Crippen LogP contribution >= 0.6 is 0 Å². The maximum Gasteiger partial charge on any atom is 0.253 e. The monoisotopic (exact) mass is 270 g/mol. The molecule has 0 spiro atoms. The van der Waals surface area contributed by atoms with Gasteiger partial charge in [0.25, 0.3) is 5.91 Å². The molecule has 0 radical (unpaired) electrons. The van der Waals surface area contributed by atoms with E-state index in [0.717, 1.165) is 11.1 Å². The van der Waals surface area contributed by atoms with Gasteiger partial charge in [-0.15, -0.1) is 0 Å². The number of nitrogen functional groups attached to an aromatic ring is 1. The highest BCUT2D eigenvalue weighted by Crippen LogP contribution is 2.18. The van der Waals surface area contributed by atoms with E-state index in [1.165, 1.54) is 0 Å². The number of amides is 1. The van der Waals surface area contributed by atoms with E-state index in [9.17, 15) is 9.90 Å². The van der Waals surface area contributed by atoms with Crippen molar-refractivity contribution in [2.75, 3.05) is 12.3 Å². The fraction of sp³-hybridized carbons (Fsp3) is 0.188. The van der Waals surface area contributed by atoms with Gasteiger partial charge in [0.15, 0.2) is 0 Å². The van der Waals surface area contributed by atoms with Crippen molar-refractivity contribution in [3.8, 4) is 0 Å². The van der Waals surface area contributed by atoms with Gasteiger partial charge in [-0.2, -0.15) is 0 Å². The van der Waals surface area contributed by atoms with E-state index >= 15 is 0 Å². The summed E-state index contributed by atoms with van der Waals surface area (Å²) >= 11 is 0. The number of carbonyl (C=O) groups excluding carboxylic acids is 1. The third kappa shape index (κ3) is 2.97. The zero-order valence-corrected chi connectivity index (χ0v) is 11.3. The van der Waals surface area contributed by atoms with Gasteiger partial charge in [0.05, 0.1) is 18.2 Å². The average molecular weight is 270 g/mol. The second-order valence-corrected chi connectivity index (χ2v) is 4.66. The zero-order chi connectivity index (χ0) is 14.5. The van der Waals surface area contributed by atoms with E-state index in [-0.39, 0.29) is 12.5 Å². The fourth-order valence-electron chi connectivity index (χ4n) is 2.03. The number of rotatable bonds is 4. The van der Waals surface area contributed by atoms with E-state index in [4.69, 9.17) is 5.73 Å². The van der Waals surface area contributed by atoms with Gasteiger partial charge in [0, 0.05) is 5.69 Å². The maximum absolute atomic E-state index is 12.3. The van der Waals surface area contributed by atoms with Crippen molar-refractivity contribution in [1.29, 1.82) is 0 Å². The van der Waals surface area contributed by atoms with Crippen LogP contribution in [0, 0.1) is 6.92 Å². The lowest BCUT2D eigenvalue weighted by Gasteiger charge is -2.17. The van der Waals surface area contributed by atoms with E-state index in [1.54, 1.807) is 12.1 Å². The van der Waals surface area contributed by atoms with Crippen molar-refractivity contribution in [3.05, 3.63) is 65.2 Å². The van der Waals surface area contributed by atoms with Gasteiger partial charge >= 0.3 is 0 Å². The highest BCUT2D eigenvalue weighted by molar-refractivity contribution is 5.99. The molecule has 4 heteroatoms. The molecule has 1 amide bonds. The molecule has 2 aromatic carbocycles. The number of aliphatic hydroxyl groups excluding tert-OH is 1. The Bertz CT molecular complexity index is 597. The van der Waals surface area contributed by atoms with Crippen LogP contribution in [-0.2, 0) is 0 Å². The van der Waals surface area contributed by atoms with Crippen molar-refractivity contribution < 1.29 is 9.90 Å². The van der Waals surface area contributed by atoms with E-state index in [1.807, 2.05) is 43.3 Å². The van der Waals surface area contributed by atoms with Crippen LogP contribution < -0.4 is 11.1 Å². The Labute approximate surface area is 118 Å². The normalized spacial score (nSPS) is 11.9. The van der Waals surface area contributed by atoms with Crippen molar-refractivity contribution in [2.24, 2.45) is 0 Å². The molecule has 0 heterocycles. The molecule has 0 saturated carbocycles. The Balaban J connectivity index is 2.20. The molecule has 2 rings (SSSR count).